The summed E-state index contributed by atoms with van der Waals surface area (Å²) in [6.45, 7) is 6.95. The normalized spacial score (nSPS) is 11.9. The molecular weight excluding hydrogens is 284 g/mol. The van der Waals surface area contributed by atoms with Gasteiger partial charge < -0.3 is 10.2 Å². The Balaban J connectivity index is 0. The molecule has 0 spiro atoms. The van der Waals surface area contributed by atoms with Gasteiger partial charge in [0.25, 0.3) is 0 Å². The molecule has 1 atom stereocenters. The molecule has 23 heavy (non-hydrogen) atoms. The van der Waals surface area contributed by atoms with Crippen molar-refractivity contribution in [2.24, 2.45) is 0 Å². The zero-order chi connectivity index (χ0) is 17.6. The smallest absolute Gasteiger partial charge is 0.0540 e. The molecule has 0 aliphatic heterocycles. The third kappa shape index (κ3) is 27.1. The van der Waals surface area contributed by atoms with Gasteiger partial charge >= 0.3 is 0 Å². The maximum Gasteiger partial charge on any atom is 0.0540 e. The molecule has 0 saturated carbocycles. The molecule has 0 aliphatic rings. The molecular formula is C21H46O2. The fourth-order valence-corrected chi connectivity index (χ4v) is 2.71. The predicted octanol–water partition coefficient (Wildman–Crippen LogP) is 6.63. The predicted molar refractivity (Wildman–Crippen MR) is 104 cm³/mol. The fraction of sp³-hybridized carbons (Fsp3) is 1.00. The van der Waals surface area contributed by atoms with Crippen LogP contribution in [0.1, 0.15) is 124 Å². The molecule has 142 valence electrons. The van der Waals surface area contributed by atoms with Gasteiger partial charge in [0.15, 0.2) is 0 Å². The molecule has 0 radical (unpaired) electrons. The summed E-state index contributed by atoms with van der Waals surface area (Å²) in [5.41, 5.74) is 0. The van der Waals surface area contributed by atoms with Crippen molar-refractivity contribution in [1.29, 1.82) is 0 Å². The van der Waals surface area contributed by atoms with E-state index in [9.17, 15) is 5.11 Å². The highest BCUT2D eigenvalue weighted by molar-refractivity contribution is 4.54. The first-order chi connectivity index (χ1) is 11.2. The summed E-state index contributed by atoms with van der Waals surface area (Å²) < 4.78 is 0. The van der Waals surface area contributed by atoms with Crippen LogP contribution in [-0.2, 0) is 0 Å². The summed E-state index contributed by atoms with van der Waals surface area (Å²) in [5, 5.41) is 17.9. The summed E-state index contributed by atoms with van der Waals surface area (Å²) in [5.74, 6) is 0. The highest BCUT2D eigenvalue weighted by Gasteiger charge is 2.00. The van der Waals surface area contributed by atoms with Crippen LogP contribution in [0.25, 0.3) is 0 Å². The Hall–Kier alpha value is -0.0800. The standard InChI is InChI=1S/C11H24O.C10H22O/c1-2-3-4-5-6-7-8-9-10-11-12;1-3-5-6-7-9-10(11)8-4-2/h12H,2-11H2,1H3;10-11H,3-9H2,1-2H3. The molecule has 2 heteroatoms. The summed E-state index contributed by atoms with van der Waals surface area (Å²) in [6, 6.07) is 0. The second-order valence-corrected chi connectivity index (χ2v) is 6.84. The quantitative estimate of drug-likeness (QED) is 0.312. The molecule has 0 aromatic heterocycles. The van der Waals surface area contributed by atoms with Gasteiger partial charge in [-0.2, -0.15) is 0 Å². The van der Waals surface area contributed by atoms with Crippen molar-refractivity contribution in [1.82, 2.24) is 0 Å². The first-order valence-corrected chi connectivity index (χ1v) is 10.5. The van der Waals surface area contributed by atoms with Crippen molar-refractivity contribution in [3.8, 4) is 0 Å². The van der Waals surface area contributed by atoms with E-state index in [1.807, 2.05) is 0 Å². The van der Waals surface area contributed by atoms with E-state index in [1.54, 1.807) is 0 Å². The number of hydrogen-bond donors (Lipinski definition) is 2. The molecule has 2 nitrogen and oxygen atoms in total. The average Bonchev–Trinajstić information content (AvgIpc) is 2.55. The van der Waals surface area contributed by atoms with Gasteiger partial charge in [0, 0.05) is 6.61 Å². The van der Waals surface area contributed by atoms with Crippen LogP contribution in [0.15, 0.2) is 0 Å². The first kappa shape index (κ1) is 25.2. The molecule has 2 N–H and O–H groups in total. The maximum atomic E-state index is 9.35. The Bertz CT molecular complexity index is 173. The van der Waals surface area contributed by atoms with Gasteiger partial charge in [0.05, 0.1) is 6.10 Å². The summed E-state index contributed by atoms with van der Waals surface area (Å²) in [7, 11) is 0. The van der Waals surface area contributed by atoms with Crippen molar-refractivity contribution in [2.75, 3.05) is 6.61 Å². The number of rotatable bonds is 16. The van der Waals surface area contributed by atoms with Crippen molar-refractivity contribution >= 4 is 0 Å². The van der Waals surface area contributed by atoms with Crippen LogP contribution < -0.4 is 0 Å². The molecule has 0 saturated heterocycles. The van der Waals surface area contributed by atoms with Crippen LogP contribution in [0.3, 0.4) is 0 Å². The second-order valence-electron chi connectivity index (χ2n) is 6.84. The minimum Gasteiger partial charge on any atom is -0.396 e. The zero-order valence-corrected chi connectivity index (χ0v) is 16.5. The van der Waals surface area contributed by atoms with Crippen LogP contribution in [0, 0.1) is 0 Å². The van der Waals surface area contributed by atoms with E-state index in [4.69, 9.17) is 5.11 Å². The van der Waals surface area contributed by atoms with Gasteiger partial charge in [-0.1, -0.05) is 104 Å². The molecule has 0 fully saturated rings. The lowest BCUT2D eigenvalue weighted by Crippen LogP contribution is -2.04. The van der Waals surface area contributed by atoms with Crippen LogP contribution in [-0.4, -0.2) is 22.9 Å². The third-order valence-electron chi connectivity index (χ3n) is 4.27. The Morgan fingerprint density at radius 2 is 0.957 bits per heavy atom. The first-order valence-electron chi connectivity index (χ1n) is 10.5. The topological polar surface area (TPSA) is 40.5 Å². The lowest BCUT2D eigenvalue weighted by Gasteiger charge is -2.07. The number of hydrogen-bond acceptors (Lipinski definition) is 2. The van der Waals surface area contributed by atoms with E-state index in [-0.39, 0.29) is 6.10 Å². The van der Waals surface area contributed by atoms with E-state index in [0.29, 0.717) is 6.61 Å². The Morgan fingerprint density at radius 1 is 0.522 bits per heavy atom. The van der Waals surface area contributed by atoms with Gasteiger partial charge in [-0.25, -0.2) is 0 Å². The molecule has 0 amide bonds. The molecule has 1 unspecified atom stereocenters. The minimum atomic E-state index is -0.0307. The highest BCUT2D eigenvalue weighted by atomic mass is 16.3. The number of aliphatic hydroxyl groups excluding tert-OH is 2. The number of aliphatic hydroxyl groups is 2. The van der Waals surface area contributed by atoms with Crippen LogP contribution in [0.5, 0.6) is 0 Å². The van der Waals surface area contributed by atoms with E-state index >= 15 is 0 Å². The summed E-state index contributed by atoms with van der Waals surface area (Å²) >= 11 is 0. The van der Waals surface area contributed by atoms with Crippen molar-refractivity contribution < 1.29 is 10.2 Å². The van der Waals surface area contributed by atoms with Gasteiger partial charge in [0.2, 0.25) is 0 Å². The zero-order valence-electron chi connectivity index (χ0n) is 16.5. The van der Waals surface area contributed by atoms with E-state index in [2.05, 4.69) is 20.8 Å². The molecule has 0 aromatic carbocycles. The molecule has 0 aliphatic carbocycles. The number of unbranched alkanes of at least 4 members (excludes halogenated alkanes) is 11. The Labute approximate surface area is 147 Å². The highest BCUT2D eigenvalue weighted by Crippen LogP contribution is 2.09. The van der Waals surface area contributed by atoms with Crippen LogP contribution in [0.2, 0.25) is 0 Å². The maximum absolute atomic E-state index is 9.35. The van der Waals surface area contributed by atoms with Crippen LogP contribution in [0.4, 0.5) is 0 Å². The second kappa shape index (κ2) is 24.2. The molecule has 0 rings (SSSR count). The molecule has 0 heterocycles. The minimum absolute atomic E-state index is 0.0307. The van der Waals surface area contributed by atoms with E-state index < -0.39 is 0 Å². The monoisotopic (exact) mass is 330 g/mol. The van der Waals surface area contributed by atoms with Crippen LogP contribution >= 0.6 is 0 Å². The Kier molecular flexibility index (Phi) is 26.5. The lowest BCUT2D eigenvalue weighted by molar-refractivity contribution is 0.150. The molecule has 0 bridgehead atoms. The molecule has 0 aromatic rings. The SMILES string of the molecule is CCCCCCC(O)CCC.CCCCCCCCCCCO. The van der Waals surface area contributed by atoms with Gasteiger partial charge in [-0.15, -0.1) is 0 Å². The van der Waals surface area contributed by atoms with Gasteiger partial charge in [-0.05, 0) is 19.3 Å². The summed E-state index contributed by atoms with van der Waals surface area (Å²) in [6.07, 6.45) is 20.0. The average molecular weight is 331 g/mol. The fourth-order valence-electron chi connectivity index (χ4n) is 2.71. The van der Waals surface area contributed by atoms with Gasteiger partial charge in [-0.3, -0.25) is 0 Å². The summed E-state index contributed by atoms with van der Waals surface area (Å²) in [4.78, 5) is 0. The third-order valence-corrected chi connectivity index (χ3v) is 4.27. The van der Waals surface area contributed by atoms with Crippen molar-refractivity contribution in [3.05, 3.63) is 0 Å². The van der Waals surface area contributed by atoms with Crippen molar-refractivity contribution in [3.63, 3.8) is 0 Å². The van der Waals surface area contributed by atoms with E-state index in [1.165, 1.54) is 77.0 Å². The largest absolute Gasteiger partial charge is 0.396 e. The Morgan fingerprint density at radius 3 is 1.39 bits per heavy atom. The van der Waals surface area contributed by atoms with Crippen molar-refractivity contribution in [2.45, 2.75) is 130 Å². The van der Waals surface area contributed by atoms with E-state index in [0.717, 1.165) is 25.7 Å². The lowest BCUT2D eigenvalue weighted by atomic mass is 10.1. The van der Waals surface area contributed by atoms with Gasteiger partial charge in [0.1, 0.15) is 0 Å².